The highest BCUT2D eigenvalue weighted by Crippen LogP contribution is 2.29. The number of pyridine rings is 2. The van der Waals surface area contributed by atoms with Crippen molar-refractivity contribution in [3.63, 3.8) is 0 Å². The summed E-state index contributed by atoms with van der Waals surface area (Å²) in [5.41, 5.74) is 4.97. The summed E-state index contributed by atoms with van der Waals surface area (Å²) in [6.45, 7) is 6.23. The summed E-state index contributed by atoms with van der Waals surface area (Å²) >= 11 is 0. The first-order valence-corrected chi connectivity index (χ1v) is 13.0. The van der Waals surface area contributed by atoms with Crippen LogP contribution in [0.15, 0.2) is 55.0 Å². The fourth-order valence-corrected chi connectivity index (χ4v) is 5.36. The maximum absolute atomic E-state index is 13.2. The molecule has 1 saturated carbocycles. The maximum Gasteiger partial charge on any atom is 0.169 e. The molecule has 0 spiro atoms. The minimum absolute atomic E-state index is 0.0683. The van der Waals surface area contributed by atoms with Crippen molar-refractivity contribution in [1.29, 1.82) is 0 Å². The second-order valence-electron chi connectivity index (χ2n) is 9.98. The lowest BCUT2D eigenvalue weighted by atomic mass is 10.0. The van der Waals surface area contributed by atoms with Crippen LogP contribution in [-0.2, 0) is 19.9 Å². The lowest BCUT2D eigenvalue weighted by molar-refractivity contribution is 0.0992. The van der Waals surface area contributed by atoms with Crippen LogP contribution in [0.2, 0.25) is 0 Å². The summed E-state index contributed by atoms with van der Waals surface area (Å²) in [5.74, 6) is 0.967. The summed E-state index contributed by atoms with van der Waals surface area (Å²) in [6, 6.07) is 13.0. The van der Waals surface area contributed by atoms with Crippen molar-refractivity contribution in [3.8, 4) is 11.1 Å². The molecule has 2 fully saturated rings. The van der Waals surface area contributed by atoms with Gasteiger partial charge < -0.3 is 4.90 Å². The Bertz CT molecular complexity index is 1410. The molecule has 0 atom stereocenters. The van der Waals surface area contributed by atoms with E-state index in [0.717, 1.165) is 72.1 Å². The van der Waals surface area contributed by atoms with E-state index in [2.05, 4.69) is 50.0 Å². The Morgan fingerprint density at radius 2 is 1.81 bits per heavy atom. The minimum atomic E-state index is 0.0683. The van der Waals surface area contributed by atoms with Gasteiger partial charge in [-0.05, 0) is 54.5 Å². The Kier molecular flexibility index (Phi) is 6.01. The first-order chi connectivity index (χ1) is 17.6. The number of hydrogen-bond donors (Lipinski definition) is 0. The standard InChI is InChI=1S/C29H32N6O/c1-3-27-26(19-32-33(27)2)20-4-5-22-18-31-24(15-23(22)14-20)17-28(36)21-8-9-30-29(16-21)35-12-10-34(11-13-35)25-6-7-25/h4-5,8-9,14-16,18-19,25H,3,6-7,10-13,17H2,1-2H3. The molecular weight excluding hydrogens is 448 g/mol. The molecule has 0 N–H and O–H groups in total. The van der Waals surface area contributed by atoms with Gasteiger partial charge in [0.1, 0.15) is 5.82 Å². The minimum Gasteiger partial charge on any atom is -0.354 e. The van der Waals surface area contributed by atoms with Gasteiger partial charge in [0.05, 0.1) is 12.6 Å². The monoisotopic (exact) mass is 480 g/mol. The third kappa shape index (κ3) is 4.51. The van der Waals surface area contributed by atoms with Crippen molar-refractivity contribution in [2.24, 2.45) is 7.05 Å². The van der Waals surface area contributed by atoms with Crippen molar-refractivity contribution in [3.05, 3.63) is 71.9 Å². The summed E-state index contributed by atoms with van der Waals surface area (Å²) in [6.07, 6.45) is 9.43. The predicted molar refractivity (Wildman–Crippen MR) is 142 cm³/mol. The van der Waals surface area contributed by atoms with Crippen molar-refractivity contribution >= 4 is 22.4 Å². The molecule has 2 aliphatic rings. The second-order valence-corrected chi connectivity index (χ2v) is 9.98. The number of carbonyl (C=O) groups is 1. The van der Waals surface area contributed by atoms with Crippen LogP contribution in [0.4, 0.5) is 5.82 Å². The van der Waals surface area contributed by atoms with E-state index in [9.17, 15) is 4.79 Å². The molecule has 1 aromatic carbocycles. The Labute approximate surface area is 211 Å². The number of fused-ring (bicyclic) bond motifs is 1. The number of nitrogens with zero attached hydrogens (tertiary/aromatic N) is 6. The quantitative estimate of drug-likeness (QED) is 0.368. The van der Waals surface area contributed by atoms with Crippen molar-refractivity contribution in [2.75, 3.05) is 31.1 Å². The number of aromatic nitrogens is 4. The van der Waals surface area contributed by atoms with Crippen molar-refractivity contribution in [2.45, 2.75) is 38.6 Å². The van der Waals surface area contributed by atoms with Crippen LogP contribution in [0.5, 0.6) is 0 Å². The molecule has 7 nitrogen and oxygen atoms in total. The Morgan fingerprint density at radius 1 is 0.972 bits per heavy atom. The van der Waals surface area contributed by atoms with Gasteiger partial charge in [-0.3, -0.25) is 19.4 Å². The van der Waals surface area contributed by atoms with E-state index in [1.54, 1.807) is 6.20 Å². The normalized spacial score (nSPS) is 16.6. The smallest absolute Gasteiger partial charge is 0.169 e. The van der Waals surface area contributed by atoms with Crippen LogP contribution >= 0.6 is 0 Å². The van der Waals surface area contributed by atoms with Gasteiger partial charge in [-0.1, -0.05) is 19.1 Å². The second kappa shape index (κ2) is 9.47. The maximum atomic E-state index is 13.2. The van der Waals surface area contributed by atoms with Gasteiger partial charge in [-0.15, -0.1) is 0 Å². The molecule has 0 radical (unpaired) electrons. The third-order valence-electron chi connectivity index (χ3n) is 7.60. The molecule has 6 rings (SSSR count). The fraction of sp³-hybridized carbons (Fsp3) is 0.379. The SMILES string of the molecule is CCc1c(-c2ccc3cnc(CC(=O)c4ccnc(N5CCN(C6CC6)CC5)c4)cc3c2)cnn1C. The van der Waals surface area contributed by atoms with Crippen molar-refractivity contribution in [1.82, 2.24) is 24.6 Å². The lowest BCUT2D eigenvalue weighted by Gasteiger charge is -2.35. The first-order valence-electron chi connectivity index (χ1n) is 13.0. The van der Waals surface area contributed by atoms with E-state index in [0.29, 0.717) is 5.56 Å². The topological polar surface area (TPSA) is 67.2 Å². The van der Waals surface area contributed by atoms with E-state index in [1.165, 1.54) is 18.5 Å². The summed E-state index contributed by atoms with van der Waals surface area (Å²) in [4.78, 5) is 27.2. The molecule has 0 amide bonds. The van der Waals surface area contributed by atoms with Gasteiger partial charge in [-0.25, -0.2) is 4.98 Å². The first kappa shape index (κ1) is 22.9. The van der Waals surface area contributed by atoms with Gasteiger partial charge in [-0.2, -0.15) is 5.10 Å². The van der Waals surface area contributed by atoms with E-state index in [4.69, 9.17) is 0 Å². The number of hydrogen-bond acceptors (Lipinski definition) is 6. The molecule has 4 heterocycles. The summed E-state index contributed by atoms with van der Waals surface area (Å²) < 4.78 is 1.94. The van der Waals surface area contributed by atoms with Crippen LogP contribution in [0.1, 0.15) is 41.5 Å². The molecule has 1 aliphatic carbocycles. The number of anilines is 1. The number of carbonyl (C=O) groups excluding carboxylic acids is 1. The highest BCUT2D eigenvalue weighted by Gasteiger charge is 2.31. The number of Topliss-reactive ketones (excluding diaryl/α,β-unsaturated/α-hetero) is 1. The van der Waals surface area contributed by atoms with Crippen LogP contribution < -0.4 is 4.90 Å². The summed E-state index contributed by atoms with van der Waals surface area (Å²) in [5, 5.41) is 6.58. The van der Waals surface area contributed by atoms with Crippen LogP contribution in [0.3, 0.4) is 0 Å². The zero-order chi connectivity index (χ0) is 24.6. The molecule has 0 unspecified atom stereocenters. The average molecular weight is 481 g/mol. The Hall–Kier alpha value is -3.58. The molecule has 4 aromatic rings. The Balaban J connectivity index is 1.19. The zero-order valence-electron chi connectivity index (χ0n) is 21.0. The van der Waals surface area contributed by atoms with Crippen molar-refractivity contribution < 1.29 is 4.79 Å². The highest BCUT2D eigenvalue weighted by molar-refractivity contribution is 5.98. The number of piperazine rings is 1. The molecule has 184 valence electrons. The lowest BCUT2D eigenvalue weighted by Crippen LogP contribution is -2.47. The molecular formula is C29H32N6O. The zero-order valence-corrected chi connectivity index (χ0v) is 21.0. The van der Waals surface area contributed by atoms with E-state index in [1.807, 2.05) is 42.3 Å². The molecule has 7 heteroatoms. The third-order valence-corrected chi connectivity index (χ3v) is 7.60. The van der Waals surface area contributed by atoms with E-state index in [-0.39, 0.29) is 12.2 Å². The largest absolute Gasteiger partial charge is 0.354 e. The van der Waals surface area contributed by atoms with Gasteiger partial charge in [0.2, 0.25) is 0 Å². The predicted octanol–water partition coefficient (Wildman–Crippen LogP) is 4.30. The van der Waals surface area contributed by atoms with Crippen LogP contribution in [-0.4, -0.2) is 62.7 Å². The molecule has 1 aliphatic heterocycles. The number of aryl methyl sites for hydroxylation is 1. The molecule has 1 saturated heterocycles. The highest BCUT2D eigenvalue weighted by atomic mass is 16.1. The van der Waals surface area contributed by atoms with Gasteiger partial charge >= 0.3 is 0 Å². The van der Waals surface area contributed by atoms with E-state index >= 15 is 0 Å². The number of benzene rings is 1. The fourth-order valence-electron chi connectivity index (χ4n) is 5.36. The number of ketones is 1. The molecule has 3 aromatic heterocycles. The summed E-state index contributed by atoms with van der Waals surface area (Å²) in [7, 11) is 1.98. The average Bonchev–Trinajstić information content (AvgIpc) is 3.70. The Morgan fingerprint density at radius 3 is 2.58 bits per heavy atom. The van der Waals surface area contributed by atoms with Crippen LogP contribution in [0.25, 0.3) is 21.9 Å². The van der Waals surface area contributed by atoms with Gasteiger partial charge in [0.15, 0.2) is 5.78 Å². The molecule has 36 heavy (non-hydrogen) atoms. The molecule has 0 bridgehead atoms. The van der Waals surface area contributed by atoms with Gasteiger partial charge in [0, 0.05) is 79.6 Å². The van der Waals surface area contributed by atoms with E-state index < -0.39 is 0 Å². The van der Waals surface area contributed by atoms with Gasteiger partial charge in [0.25, 0.3) is 0 Å². The number of rotatable bonds is 7. The van der Waals surface area contributed by atoms with Crippen LogP contribution in [0, 0.1) is 0 Å².